The van der Waals surface area contributed by atoms with E-state index in [-0.39, 0.29) is 10.8 Å². The van der Waals surface area contributed by atoms with Gasteiger partial charge >= 0.3 is 15.6 Å². The van der Waals surface area contributed by atoms with Crippen LogP contribution in [0.3, 0.4) is 0 Å². The number of hydrogen-bond acceptors (Lipinski definition) is 3. The zero-order valence-corrected chi connectivity index (χ0v) is 13.9. The van der Waals surface area contributed by atoms with Crippen molar-refractivity contribution in [2.24, 2.45) is 0 Å². The van der Waals surface area contributed by atoms with E-state index in [0.29, 0.717) is 10.8 Å². The Labute approximate surface area is 121 Å². The average molecular weight is 347 g/mol. The molecule has 0 saturated heterocycles. The van der Waals surface area contributed by atoms with Crippen LogP contribution in [0.1, 0.15) is 5.56 Å². The third-order valence-electron chi connectivity index (χ3n) is 2.53. The van der Waals surface area contributed by atoms with Crippen LogP contribution in [0.5, 0.6) is 5.75 Å². The minimum atomic E-state index is -5.70. The van der Waals surface area contributed by atoms with E-state index < -0.39 is 23.7 Å². The molecule has 0 fully saturated rings. The summed E-state index contributed by atoms with van der Waals surface area (Å²) in [7, 11) is -7.90. The molecule has 114 valence electrons. The van der Waals surface area contributed by atoms with Gasteiger partial charge in [0.25, 0.3) is 0 Å². The average Bonchev–Trinajstić information content (AvgIpc) is 2.19. The number of rotatable bonds is 3. The van der Waals surface area contributed by atoms with Crippen molar-refractivity contribution in [3.8, 4) is 5.75 Å². The monoisotopic (exact) mass is 346 g/mol. The Hall–Kier alpha value is -0.733. The van der Waals surface area contributed by atoms with Crippen LogP contribution in [0.25, 0.3) is 0 Å². The van der Waals surface area contributed by atoms with Crippen molar-refractivity contribution in [2.75, 3.05) is 0 Å². The molecule has 1 aromatic rings. The molecule has 0 N–H and O–H groups in total. The lowest BCUT2D eigenvalue weighted by Crippen LogP contribution is -2.41. The normalized spacial score (nSPS) is 13.4. The van der Waals surface area contributed by atoms with Gasteiger partial charge in [-0.15, -0.1) is 0 Å². The van der Waals surface area contributed by atoms with Crippen molar-refractivity contribution in [3.05, 3.63) is 22.7 Å². The predicted octanol–water partition coefficient (Wildman–Crippen LogP) is 3.42. The molecule has 0 aromatic heterocycles. The highest BCUT2D eigenvalue weighted by Gasteiger charge is 2.49. The molecule has 0 aliphatic carbocycles. The van der Waals surface area contributed by atoms with E-state index in [1.807, 2.05) is 19.6 Å². The van der Waals surface area contributed by atoms with Crippen molar-refractivity contribution >= 4 is 35.0 Å². The minimum absolute atomic E-state index is 0.249. The maximum Gasteiger partial charge on any atom is 0.534 e. The van der Waals surface area contributed by atoms with Crippen LogP contribution in [0.15, 0.2) is 12.1 Å². The first kappa shape index (κ1) is 17.3. The Bertz CT molecular complexity index is 621. The number of benzene rings is 1. The molecule has 0 unspecified atom stereocenters. The molecule has 3 nitrogen and oxygen atoms in total. The fourth-order valence-electron chi connectivity index (χ4n) is 1.60. The van der Waals surface area contributed by atoms with Crippen molar-refractivity contribution in [1.29, 1.82) is 0 Å². The van der Waals surface area contributed by atoms with Gasteiger partial charge in [0.1, 0.15) is 5.75 Å². The molecule has 0 saturated carbocycles. The SMILES string of the molecule is Cc1ccc(OS(=O)(=O)C(F)(F)F)c([Si](C)(C)C)c1Cl. The van der Waals surface area contributed by atoms with Gasteiger partial charge in [-0.3, -0.25) is 0 Å². The lowest BCUT2D eigenvalue weighted by molar-refractivity contribution is -0.0499. The van der Waals surface area contributed by atoms with E-state index in [4.69, 9.17) is 11.6 Å². The molecule has 1 rings (SSSR count). The third kappa shape index (κ3) is 3.47. The predicted molar refractivity (Wildman–Crippen MR) is 74.8 cm³/mol. The molecule has 0 aliphatic heterocycles. The molecule has 0 amide bonds. The molecule has 0 bridgehead atoms. The highest BCUT2D eigenvalue weighted by Crippen LogP contribution is 2.30. The fourth-order valence-corrected chi connectivity index (χ4v) is 4.88. The van der Waals surface area contributed by atoms with E-state index >= 15 is 0 Å². The largest absolute Gasteiger partial charge is 0.534 e. The van der Waals surface area contributed by atoms with Gasteiger partial charge in [-0.05, 0) is 18.6 Å². The van der Waals surface area contributed by atoms with Gasteiger partial charge in [-0.25, -0.2) is 0 Å². The summed E-state index contributed by atoms with van der Waals surface area (Å²) < 4.78 is 63.7. The highest BCUT2D eigenvalue weighted by atomic mass is 35.5. The van der Waals surface area contributed by atoms with Gasteiger partial charge in [0.15, 0.2) is 0 Å². The lowest BCUT2D eigenvalue weighted by atomic mass is 10.2. The van der Waals surface area contributed by atoms with Crippen LogP contribution in [-0.4, -0.2) is 22.0 Å². The second kappa shape index (κ2) is 5.23. The molecule has 9 heteroatoms. The summed E-state index contributed by atoms with van der Waals surface area (Å²) in [5, 5.41) is 0.603. The van der Waals surface area contributed by atoms with Crippen molar-refractivity contribution < 1.29 is 25.8 Å². The van der Waals surface area contributed by atoms with Crippen molar-refractivity contribution in [2.45, 2.75) is 32.1 Å². The number of aryl methyl sites for hydroxylation is 1. The zero-order valence-electron chi connectivity index (χ0n) is 11.3. The van der Waals surface area contributed by atoms with E-state index in [9.17, 15) is 21.6 Å². The van der Waals surface area contributed by atoms with E-state index in [1.165, 1.54) is 12.1 Å². The van der Waals surface area contributed by atoms with Crippen LogP contribution in [0.2, 0.25) is 24.7 Å². The summed E-state index contributed by atoms with van der Waals surface area (Å²) in [4.78, 5) is 0. The van der Waals surface area contributed by atoms with E-state index in [1.54, 1.807) is 6.92 Å². The Balaban J connectivity index is 3.46. The van der Waals surface area contributed by atoms with Gasteiger partial charge in [0.05, 0.1) is 8.07 Å². The van der Waals surface area contributed by atoms with Crippen LogP contribution in [0, 0.1) is 6.92 Å². The standard InChI is InChI=1S/C11H14ClF3O3SSi/c1-7-5-6-8(10(9(7)12)20(2,3)4)18-19(16,17)11(13,14)15/h5-6H,1-4H3. The Morgan fingerprint density at radius 3 is 2.10 bits per heavy atom. The maximum absolute atomic E-state index is 12.4. The number of hydrogen-bond donors (Lipinski definition) is 0. The second-order valence-electron chi connectivity index (χ2n) is 5.30. The van der Waals surface area contributed by atoms with Gasteiger partial charge in [0, 0.05) is 10.2 Å². The second-order valence-corrected chi connectivity index (χ2v) is 12.2. The first-order valence-corrected chi connectivity index (χ1v) is 10.9. The minimum Gasteiger partial charge on any atom is -0.376 e. The van der Waals surface area contributed by atoms with Crippen LogP contribution in [0.4, 0.5) is 13.2 Å². The molecular formula is C11H14ClF3O3SSi. The Kier molecular flexibility index (Phi) is 4.53. The van der Waals surface area contributed by atoms with Crippen molar-refractivity contribution in [3.63, 3.8) is 0 Å². The smallest absolute Gasteiger partial charge is 0.376 e. The van der Waals surface area contributed by atoms with Gasteiger partial charge < -0.3 is 4.18 Å². The van der Waals surface area contributed by atoms with E-state index in [0.717, 1.165) is 0 Å². The summed E-state index contributed by atoms with van der Waals surface area (Å²) in [5.74, 6) is -0.350. The van der Waals surface area contributed by atoms with Crippen molar-refractivity contribution in [1.82, 2.24) is 0 Å². The zero-order chi connectivity index (χ0) is 15.9. The van der Waals surface area contributed by atoms with Crippen LogP contribution < -0.4 is 9.37 Å². The van der Waals surface area contributed by atoms with Gasteiger partial charge in [-0.1, -0.05) is 37.3 Å². The first-order chi connectivity index (χ1) is 8.77. The fraction of sp³-hybridized carbons (Fsp3) is 0.455. The quantitative estimate of drug-likeness (QED) is 0.478. The summed E-state index contributed by atoms with van der Waals surface area (Å²) in [6, 6.07) is 2.63. The molecule has 0 heterocycles. The van der Waals surface area contributed by atoms with Gasteiger partial charge in [0.2, 0.25) is 0 Å². The maximum atomic E-state index is 12.4. The Morgan fingerprint density at radius 1 is 1.20 bits per heavy atom. The molecule has 0 aliphatic rings. The summed E-state index contributed by atoms with van der Waals surface area (Å²) >= 11 is 6.10. The molecule has 0 spiro atoms. The van der Waals surface area contributed by atoms with Gasteiger partial charge in [-0.2, -0.15) is 21.6 Å². The highest BCUT2D eigenvalue weighted by molar-refractivity contribution is 7.88. The summed E-state index contributed by atoms with van der Waals surface area (Å²) in [6.07, 6.45) is 0. The molecule has 20 heavy (non-hydrogen) atoms. The lowest BCUT2D eigenvalue weighted by Gasteiger charge is -2.23. The summed E-state index contributed by atoms with van der Waals surface area (Å²) in [6.45, 7) is 7.19. The van der Waals surface area contributed by atoms with E-state index in [2.05, 4.69) is 4.18 Å². The van der Waals surface area contributed by atoms with Crippen LogP contribution in [-0.2, 0) is 10.1 Å². The topological polar surface area (TPSA) is 43.4 Å². The molecule has 0 radical (unpaired) electrons. The summed E-state index contributed by atoms with van der Waals surface area (Å²) in [5.41, 5.74) is -4.82. The molecule has 0 atom stereocenters. The van der Waals surface area contributed by atoms with Crippen LogP contribution >= 0.6 is 11.6 Å². The Morgan fingerprint density at radius 2 is 1.70 bits per heavy atom. The third-order valence-corrected chi connectivity index (χ3v) is 6.14. The molecule has 1 aromatic carbocycles. The number of alkyl halides is 3. The first-order valence-electron chi connectivity index (χ1n) is 5.57. The number of halogens is 4. The molecular weight excluding hydrogens is 333 g/mol.